The molecule has 0 saturated carbocycles. The summed E-state index contributed by atoms with van der Waals surface area (Å²) >= 11 is 6.42. The number of rotatable bonds is 1. The van der Waals surface area contributed by atoms with Gasteiger partial charge in [-0.05, 0) is 44.0 Å². The number of halogens is 2. The van der Waals surface area contributed by atoms with E-state index in [1.54, 1.807) is 18.3 Å². The minimum atomic E-state index is -0.0220. The summed E-state index contributed by atoms with van der Waals surface area (Å²) in [6, 6.07) is 3.57. The summed E-state index contributed by atoms with van der Waals surface area (Å²) in [5, 5.41) is 0. The third-order valence-electron chi connectivity index (χ3n) is 1.40. The van der Waals surface area contributed by atoms with E-state index in [1.165, 1.54) is 4.57 Å². The highest BCUT2D eigenvalue weighted by Gasteiger charge is 2.02. The lowest BCUT2D eigenvalue weighted by molar-refractivity contribution is 0.984. The first-order chi connectivity index (χ1) is 7.11. The highest BCUT2D eigenvalue weighted by atomic mass is 79.9. The first kappa shape index (κ1) is 6.73. The van der Waals surface area contributed by atoms with Crippen molar-refractivity contribution in [3.05, 3.63) is 39.9 Å². The second-order valence-corrected chi connectivity index (χ2v) is 3.86. The summed E-state index contributed by atoms with van der Waals surface area (Å²) in [4.78, 5) is 7.92. The minimum Gasteiger partial charge on any atom is -0.288 e. The molecule has 0 amide bonds. The van der Waals surface area contributed by atoms with E-state index in [0.717, 1.165) is 4.47 Å². The van der Waals surface area contributed by atoms with Crippen molar-refractivity contribution in [2.45, 2.75) is 0 Å². The lowest BCUT2D eigenvalue weighted by Crippen LogP contribution is -1.94. The van der Waals surface area contributed by atoms with Gasteiger partial charge in [0.1, 0.15) is 12.3 Å². The second kappa shape index (κ2) is 3.59. The lowest BCUT2D eigenvalue weighted by Gasteiger charge is -2.01. The minimum absolute atomic E-state index is 0.0220. The number of hydrogen-bond donors (Lipinski definition) is 0. The smallest absolute Gasteiger partial charge is 0.152 e. The van der Waals surface area contributed by atoms with E-state index in [9.17, 15) is 0 Å². The summed E-state index contributed by atoms with van der Waals surface area (Å²) in [6.45, 7) is 0. The zero-order valence-corrected chi connectivity index (χ0v) is 9.50. The van der Waals surface area contributed by atoms with Crippen LogP contribution in [0.25, 0.3) is 5.82 Å². The largest absolute Gasteiger partial charge is 0.288 e. The standard InChI is InChI=1S/C8H5Br2N3/c9-6-2-1-3-11-8(6)13-4-7(10)12-5-13/h1-5H/i4D,5D. The first-order valence-electron chi connectivity index (χ1n) is 4.43. The van der Waals surface area contributed by atoms with Crippen molar-refractivity contribution in [1.29, 1.82) is 0 Å². The fourth-order valence-electron chi connectivity index (χ4n) is 0.878. The van der Waals surface area contributed by atoms with Gasteiger partial charge in [-0.1, -0.05) is 0 Å². The van der Waals surface area contributed by atoms with Crippen molar-refractivity contribution in [2.75, 3.05) is 0 Å². The molecule has 0 radical (unpaired) electrons. The van der Waals surface area contributed by atoms with Gasteiger partial charge in [-0.2, -0.15) is 0 Å². The first-order valence-corrected chi connectivity index (χ1v) is 5.02. The summed E-state index contributed by atoms with van der Waals surface area (Å²) in [7, 11) is 0. The molecule has 2 aromatic rings. The van der Waals surface area contributed by atoms with Crippen LogP contribution in [0.5, 0.6) is 0 Å². The highest BCUT2D eigenvalue weighted by Crippen LogP contribution is 2.18. The van der Waals surface area contributed by atoms with Crippen LogP contribution in [0.2, 0.25) is 0 Å². The van der Waals surface area contributed by atoms with Crippen LogP contribution in [0.3, 0.4) is 0 Å². The normalized spacial score (nSPS) is 12.5. The zero-order chi connectivity index (χ0) is 11.0. The molecule has 2 aromatic heterocycles. The SMILES string of the molecule is [2H]c1nc(Br)c([2H])n1-c1ncccc1Br. The fraction of sp³-hybridized carbons (Fsp3) is 0. The van der Waals surface area contributed by atoms with E-state index in [0.29, 0.717) is 10.4 Å². The second-order valence-electron chi connectivity index (χ2n) is 2.26. The molecule has 2 rings (SSSR count). The van der Waals surface area contributed by atoms with Gasteiger partial charge in [0.05, 0.1) is 5.84 Å². The molecule has 0 aliphatic carbocycles. The van der Waals surface area contributed by atoms with Crippen molar-refractivity contribution < 1.29 is 2.74 Å². The molecule has 0 spiro atoms. The lowest BCUT2D eigenvalue weighted by atomic mass is 10.4. The van der Waals surface area contributed by atoms with Gasteiger partial charge in [0.15, 0.2) is 5.82 Å². The van der Waals surface area contributed by atoms with E-state index in [-0.39, 0.29) is 12.5 Å². The maximum absolute atomic E-state index is 7.72. The Balaban J connectivity index is 2.69. The zero-order valence-electron chi connectivity index (χ0n) is 8.33. The molecule has 5 heteroatoms. The molecule has 0 aliphatic rings. The summed E-state index contributed by atoms with van der Waals surface area (Å²) in [6.07, 6.45) is 1.69. The highest BCUT2D eigenvalue weighted by molar-refractivity contribution is 9.10. The predicted molar refractivity (Wildman–Crippen MR) is 56.8 cm³/mol. The molecule has 0 bridgehead atoms. The Bertz CT molecular complexity index is 513. The Kier molecular flexibility index (Phi) is 1.86. The molecule has 0 aliphatic heterocycles. The monoisotopic (exact) mass is 303 g/mol. The van der Waals surface area contributed by atoms with Crippen LogP contribution >= 0.6 is 31.9 Å². The fourth-order valence-corrected chi connectivity index (χ4v) is 1.57. The van der Waals surface area contributed by atoms with Gasteiger partial charge in [0.2, 0.25) is 0 Å². The molecule has 0 saturated heterocycles. The number of hydrogen-bond acceptors (Lipinski definition) is 2. The van der Waals surface area contributed by atoms with E-state index in [1.807, 2.05) is 0 Å². The molecule has 0 unspecified atom stereocenters. The van der Waals surface area contributed by atoms with Crippen LogP contribution in [0, 0.1) is 0 Å². The molecule has 0 N–H and O–H groups in total. The van der Waals surface area contributed by atoms with Crippen molar-refractivity contribution in [3.63, 3.8) is 0 Å². The van der Waals surface area contributed by atoms with Gasteiger partial charge in [0.25, 0.3) is 0 Å². The van der Waals surface area contributed by atoms with Crippen LogP contribution < -0.4 is 0 Å². The van der Waals surface area contributed by atoms with Gasteiger partial charge in [0, 0.05) is 12.4 Å². The van der Waals surface area contributed by atoms with E-state index < -0.39 is 0 Å². The summed E-state index contributed by atoms with van der Waals surface area (Å²) in [5.74, 6) is 0.491. The van der Waals surface area contributed by atoms with E-state index in [4.69, 9.17) is 2.74 Å². The molecule has 13 heavy (non-hydrogen) atoms. The number of pyridine rings is 1. The van der Waals surface area contributed by atoms with Crippen LogP contribution in [0.15, 0.2) is 39.9 Å². The van der Waals surface area contributed by atoms with Crippen molar-refractivity contribution in [3.8, 4) is 5.82 Å². The van der Waals surface area contributed by atoms with Crippen molar-refractivity contribution in [1.82, 2.24) is 14.5 Å². The summed E-state index contributed by atoms with van der Waals surface area (Å²) < 4.78 is 17.7. The molecule has 0 aromatic carbocycles. The Morgan fingerprint density at radius 2 is 2.23 bits per heavy atom. The Morgan fingerprint density at radius 3 is 2.85 bits per heavy atom. The van der Waals surface area contributed by atoms with Gasteiger partial charge in [-0.3, -0.25) is 4.57 Å². The quantitative estimate of drug-likeness (QED) is 0.811. The third-order valence-corrected chi connectivity index (χ3v) is 2.38. The number of imidazole rings is 1. The van der Waals surface area contributed by atoms with E-state index >= 15 is 0 Å². The molecule has 0 fully saturated rings. The van der Waals surface area contributed by atoms with Gasteiger partial charge >= 0.3 is 0 Å². The number of aromatic nitrogens is 3. The van der Waals surface area contributed by atoms with Crippen LogP contribution in [-0.4, -0.2) is 14.5 Å². The van der Waals surface area contributed by atoms with Gasteiger partial charge < -0.3 is 0 Å². The third kappa shape index (κ3) is 1.81. The Hall–Kier alpha value is -0.680. The molecule has 0 atom stereocenters. The number of nitrogens with zero attached hydrogens (tertiary/aromatic N) is 3. The molecular formula is C8H5Br2N3. The van der Waals surface area contributed by atoms with Crippen molar-refractivity contribution in [2.24, 2.45) is 0 Å². The van der Waals surface area contributed by atoms with Crippen LogP contribution in [0.4, 0.5) is 0 Å². The van der Waals surface area contributed by atoms with E-state index in [2.05, 4.69) is 41.8 Å². The van der Waals surface area contributed by atoms with Crippen LogP contribution in [-0.2, 0) is 0 Å². The average Bonchev–Trinajstić information content (AvgIpc) is 2.43. The van der Waals surface area contributed by atoms with Crippen molar-refractivity contribution >= 4 is 31.9 Å². The predicted octanol–water partition coefficient (Wildman–Crippen LogP) is 2.79. The van der Waals surface area contributed by atoms with Gasteiger partial charge in [-0.15, -0.1) is 0 Å². The Labute approximate surface area is 94.9 Å². The maximum atomic E-state index is 7.72. The molecular weight excluding hydrogens is 298 g/mol. The molecule has 66 valence electrons. The molecule has 3 nitrogen and oxygen atoms in total. The average molecular weight is 305 g/mol. The summed E-state index contributed by atoms with van der Waals surface area (Å²) in [5.41, 5.74) is 0. The van der Waals surface area contributed by atoms with Crippen LogP contribution in [0.1, 0.15) is 2.74 Å². The van der Waals surface area contributed by atoms with Gasteiger partial charge in [-0.25, -0.2) is 9.97 Å². The Morgan fingerprint density at radius 1 is 1.38 bits per heavy atom. The topological polar surface area (TPSA) is 30.7 Å². The maximum Gasteiger partial charge on any atom is 0.152 e. The molecule has 2 heterocycles.